The summed E-state index contributed by atoms with van der Waals surface area (Å²) in [5, 5.41) is 11.9. The molecule has 1 heterocycles. The van der Waals surface area contributed by atoms with E-state index in [0.717, 1.165) is 16.9 Å². The molecule has 1 N–H and O–H groups in total. The number of thioether (sulfide) groups is 1. The van der Waals surface area contributed by atoms with E-state index in [1.165, 1.54) is 11.8 Å². The molecule has 0 radical (unpaired) electrons. The summed E-state index contributed by atoms with van der Waals surface area (Å²) in [5.74, 6) is 1.23. The first kappa shape index (κ1) is 20.2. The number of hydrogen-bond donors (Lipinski definition) is 1. The van der Waals surface area contributed by atoms with Crippen molar-refractivity contribution in [1.82, 2.24) is 15.5 Å². The predicted molar refractivity (Wildman–Crippen MR) is 110 cm³/mol. The van der Waals surface area contributed by atoms with Crippen LogP contribution in [0.4, 0.5) is 0 Å². The number of benzene rings is 2. The second kappa shape index (κ2) is 9.61. The SMILES string of the molecule is CCOc1ccc(-c2nnc(SCC(=O)NC(C)c3cccc(Cl)c3)o2)cc1. The number of nitrogens with zero attached hydrogens (tertiary/aromatic N) is 2. The van der Waals surface area contributed by atoms with Gasteiger partial charge < -0.3 is 14.5 Å². The number of nitrogens with one attached hydrogen (secondary N) is 1. The van der Waals surface area contributed by atoms with Crippen LogP contribution in [-0.2, 0) is 4.79 Å². The molecule has 0 saturated carbocycles. The molecule has 0 aliphatic carbocycles. The summed E-state index contributed by atoms with van der Waals surface area (Å²) in [4.78, 5) is 12.2. The van der Waals surface area contributed by atoms with Gasteiger partial charge in [0.2, 0.25) is 11.8 Å². The number of carbonyl (C=O) groups excluding carboxylic acids is 1. The molecule has 1 aromatic heterocycles. The summed E-state index contributed by atoms with van der Waals surface area (Å²) >= 11 is 7.18. The van der Waals surface area contributed by atoms with Crippen LogP contribution in [0.25, 0.3) is 11.5 Å². The lowest BCUT2D eigenvalue weighted by atomic mass is 10.1. The van der Waals surface area contributed by atoms with Gasteiger partial charge in [0.15, 0.2) is 0 Å². The van der Waals surface area contributed by atoms with E-state index in [1.807, 2.05) is 56.3 Å². The van der Waals surface area contributed by atoms with Gasteiger partial charge in [0.05, 0.1) is 18.4 Å². The van der Waals surface area contributed by atoms with E-state index in [-0.39, 0.29) is 17.7 Å². The Morgan fingerprint density at radius 2 is 2.04 bits per heavy atom. The van der Waals surface area contributed by atoms with Crippen LogP contribution in [0.2, 0.25) is 5.02 Å². The molecule has 28 heavy (non-hydrogen) atoms. The van der Waals surface area contributed by atoms with E-state index in [4.69, 9.17) is 20.8 Å². The molecule has 3 aromatic rings. The molecule has 146 valence electrons. The Morgan fingerprint density at radius 1 is 1.25 bits per heavy atom. The summed E-state index contributed by atoms with van der Waals surface area (Å²) in [6.07, 6.45) is 0. The van der Waals surface area contributed by atoms with Crippen molar-refractivity contribution in [1.29, 1.82) is 0 Å². The maximum atomic E-state index is 12.2. The highest BCUT2D eigenvalue weighted by atomic mass is 35.5. The maximum Gasteiger partial charge on any atom is 0.277 e. The molecule has 0 spiro atoms. The van der Waals surface area contributed by atoms with Crippen LogP contribution >= 0.6 is 23.4 Å². The number of carbonyl (C=O) groups is 1. The fourth-order valence-electron chi connectivity index (χ4n) is 2.51. The van der Waals surface area contributed by atoms with E-state index in [2.05, 4.69) is 15.5 Å². The summed E-state index contributed by atoms with van der Waals surface area (Å²) in [6, 6.07) is 14.7. The highest BCUT2D eigenvalue weighted by Gasteiger charge is 2.14. The summed E-state index contributed by atoms with van der Waals surface area (Å²) in [6.45, 7) is 4.45. The van der Waals surface area contributed by atoms with E-state index in [9.17, 15) is 4.79 Å². The smallest absolute Gasteiger partial charge is 0.277 e. The van der Waals surface area contributed by atoms with E-state index < -0.39 is 0 Å². The van der Waals surface area contributed by atoms with Crippen LogP contribution in [0.1, 0.15) is 25.5 Å². The topological polar surface area (TPSA) is 77.2 Å². The largest absolute Gasteiger partial charge is 0.494 e. The number of rotatable bonds is 8. The van der Waals surface area contributed by atoms with Crippen molar-refractivity contribution in [2.24, 2.45) is 0 Å². The van der Waals surface area contributed by atoms with Crippen LogP contribution in [-0.4, -0.2) is 28.5 Å². The van der Waals surface area contributed by atoms with Crippen LogP contribution < -0.4 is 10.1 Å². The highest BCUT2D eigenvalue weighted by molar-refractivity contribution is 7.99. The molecule has 0 aliphatic rings. The van der Waals surface area contributed by atoms with Crippen molar-refractivity contribution in [2.45, 2.75) is 25.1 Å². The monoisotopic (exact) mass is 417 g/mol. The molecule has 0 aliphatic heterocycles. The van der Waals surface area contributed by atoms with Gasteiger partial charge in [0, 0.05) is 10.6 Å². The fourth-order valence-corrected chi connectivity index (χ4v) is 3.29. The first-order valence-electron chi connectivity index (χ1n) is 8.79. The van der Waals surface area contributed by atoms with Crippen LogP contribution in [0.3, 0.4) is 0 Å². The average molecular weight is 418 g/mol. The Hall–Kier alpha value is -2.51. The molecular formula is C20H20ClN3O3S. The number of amides is 1. The van der Waals surface area contributed by atoms with Gasteiger partial charge >= 0.3 is 0 Å². The molecule has 0 fully saturated rings. The normalized spacial score (nSPS) is 11.8. The van der Waals surface area contributed by atoms with Gasteiger partial charge in [-0.15, -0.1) is 10.2 Å². The third-order valence-corrected chi connectivity index (χ3v) is 4.93. The summed E-state index contributed by atoms with van der Waals surface area (Å²) in [5.41, 5.74) is 1.74. The van der Waals surface area contributed by atoms with Crippen LogP contribution in [0.5, 0.6) is 5.75 Å². The van der Waals surface area contributed by atoms with Crippen molar-refractivity contribution >= 4 is 29.3 Å². The molecule has 1 atom stereocenters. The van der Waals surface area contributed by atoms with Gasteiger partial charge in [-0.25, -0.2) is 0 Å². The number of ether oxygens (including phenoxy) is 1. The van der Waals surface area contributed by atoms with Gasteiger partial charge in [0.25, 0.3) is 5.22 Å². The Labute approximate surface area is 172 Å². The number of hydrogen-bond acceptors (Lipinski definition) is 6. The van der Waals surface area contributed by atoms with E-state index in [0.29, 0.717) is 22.7 Å². The van der Waals surface area contributed by atoms with Gasteiger partial charge in [-0.1, -0.05) is 35.5 Å². The zero-order chi connectivity index (χ0) is 19.9. The van der Waals surface area contributed by atoms with Gasteiger partial charge in [0.1, 0.15) is 5.75 Å². The standard InChI is InChI=1S/C20H20ClN3O3S/c1-3-26-17-9-7-14(8-10-17)19-23-24-20(27-19)28-12-18(25)22-13(2)15-5-4-6-16(21)11-15/h4-11,13H,3,12H2,1-2H3,(H,22,25). The second-order valence-corrected chi connectivity index (χ2v) is 7.33. The first-order chi connectivity index (χ1) is 13.5. The molecule has 3 rings (SSSR count). The van der Waals surface area contributed by atoms with Gasteiger partial charge in [-0.3, -0.25) is 4.79 Å². The Kier molecular flexibility index (Phi) is 6.95. The second-order valence-electron chi connectivity index (χ2n) is 5.96. The lowest BCUT2D eigenvalue weighted by Gasteiger charge is -2.14. The molecule has 2 aromatic carbocycles. The third kappa shape index (κ3) is 5.50. The van der Waals surface area contributed by atoms with Crippen molar-refractivity contribution < 1.29 is 13.9 Å². The molecule has 6 nitrogen and oxygen atoms in total. The molecule has 1 amide bonds. The van der Waals surface area contributed by atoms with Gasteiger partial charge in [-0.2, -0.15) is 0 Å². The summed E-state index contributed by atoms with van der Waals surface area (Å²) in [7, 11) is 0. The minimum Gasteiger partial charge on any atom is -0.494 e. The zero-order valence-corrected chi connectivity index (χ0v) is 17.1. The van der Waals surface area contributed by atoms with Crippen LogP contribution in [0, 0.1) is 0 Å². The molecule has 0 bridgehead atoms. The number of halogens is 1. The Bertz CT molecular complexity index is 930. The first-order valence-corrected chi connectivity index (χ1v) is 10.2. The average Bonchev–Trinajstić information content (AvgIpc) is 3.16. The maximum absolute atomic E-state index is 12.2. The van der Waals surface area contributed by atoms with Crippen molar-refractivity contribution in [3.63, 3.8) is 0 Å². The van der Waals surface area contributed by atoms with E-state index >= 15 is 0 Å². The fraction of sp³-hybridized carbons (Fsp3) is 0.250. The predicted octanol–water partition coefficient (Wildman–Crippen LogP) is 4.76. The lowest BCUT2D eigenvalue weighted by molar-refractivity contribution is -0.119. The number of aromatic nitrogens is 2. The van der Waals surface area contributed by atoms with Crippen molar-refractivity contribution in [3.8, 4) is 17.2 Å². The van der Waals surface area contributed by atoms with Crippen molar-refractivity contribution in [2.75, 3.05) is 12.4 Å². The third-order valence-electron chi connectivity index (χ3n) is 3.87. The minimum absolute atomic E-state index is 0.127. The Morgan fingerprint density at radius 3 is 2.75 bits per heavy atom. The molecule has 8 heteroatoms. The van der Waals surface area contributed by atoms with E-state index in [1.54, 1.807) is 6.07 Å². The van der Waals surface area contributed by atoms with Crippen LogP contribution in [0.15, 0.2) is 58.2 Å². The molecule has 0 saturated heterocycles. The Balaban J connectivity index is 1.53. The highest BCUT2D eigenvalue weighted by Crippen LogP contribution is 2.25. The van der Waals surface area contributed by atoms with Gasteiger partial charge in [-0.05, 0) is 55.8 Å². The molecule has 1 unspecified atom stereocenters. The van der Waals surface area contributed by atoms with Crippen molar-refractivity contribution in [3.05, 3.63) is 59.1 Å². The molecular weight excluding hydrogens is 398 g/mol. The summed E-state index contributed by atoms with van der Waals surface area (Å²) < 4.78 is 11.0. The zero-order valence-electron chi connectivity index (χ0n) is 15.5. The minimum atomic E-state index is -0.145. The quantitative estimate of drug-likeness (QED) is 0.532. The lowest BCUT2D eigenvalue weighted by Crippen LogP contribution is -2.28.